The number of nitrogens with one attached hydrogen (secondary N) is 2. The number of nitrogens with zero attached hydrogens (tertiary/aromatic N) is 1. The number of hydrogen-bond acceptors (Lipinski definition) is 4. The zero-order valence-corrected chi connectivity index (χ0v) is 17.4. The molecule has 8 heteroatoms. The summed E-state index contributed by atoms with van der Waals surface area (Å²) in [5.74, 6) is 0.223. The lowest BCUT2D eigenvalue weighted by atomic mass is 9.81. The van der Waals surface area contributed by atoms with Crippen LogP contribution in [0.25, 0.3) is 10.2 Å². The van der Waals surface area contributed by atoms with Gasteiger partial charge in [-0.2, -0.15) is 0 Å². The highest BCUT2D eigenvalue weighted by molar-refractivity contribution is 7.17. The van der Waals surface area contributed by atoms with Gasteiger partial charge in [0.15, 0.2) is 0 Å². The first-order valence-electron chi connectivity index (χ1n) is 9.74. The average molecular weight is 432 g/mol. The van der Waals surface area contributed by atoms with Crippen molar-refractivity contribution < 1.29 is 4.79 Å². The first-order valence-corrected chi connectivity index (χ1v) is 11.0. The van der Waals surface area contributed by atoms with Crippen molar-refractivity contribution >= 4 is 39.1 Å². The number of carbonyl (C=O) groups is 1. The first kappa shape index (κ1) is 19.9. The summed E-state index contributed by atoms with van der Waals surface area (Å²) in [6.45, 7) is 0.819. The molecule has 0 unspecified atom stereocenters. The summed E-state index contributed by atoms with van der Waals surface area (Å²) >= 11 is 7.48. The van der Waals surface area contributed by atoms with E-state index in [0.717, 1.165) is 31.2 Å². The maximum Gasteiger partial charge on any atom is 0.328 e. The number of halogens is 1. The van der Waals surface area contributed by atoms with Crippen LogP contribution in [-0.4, -0.2) is 15.5 Å². The van der Waals surface area contributed by atoms with Crippen LogP contribution >= 0.6 is 22.9 Å². The number of carbonyl (C=O) groups excluding carboxylic acids is 1. The Kier molecular flexibility index (Phi) is 5.87. The van der Waals surface area contributed by atoms with Crippen LogP contribution in [0.2, 0.25) is 5.02 Å². The fourth-order valence-corrected chi connectivity index (χ4v) is 4.97. The lowest BCUT2D eigenvalue weighted by Crippen LogP contribution is -2.38. The second-order valence-corrected chi connectivity index (χ2v) is 8.86. The molecular weight excluding hydrogens is 410 g/mol. The summed E-state index contributed by atoms with van der Waals surface area (Å²) < 4.78 is 1.89. The van der Waals surface area contributed by atoms with E-state index in [0.29, 0.717) is 28.3 Å². The van der Waals surface area contributed by atoms with Crippen molar-refractivity contribution in [2.24, 2.45) is 11.8 Å². The van der Waals surface area contributed by atoms with Gasteiger partial charge in [-0.05, 0) is 54.7 Å². The minimum absolute atomic E-state index is 0.0384. The molecule has 0 radical (unpaired) electrons. The smallest absolute Gasteiger partial charge is 0.328 e. The van der Waals surface area contributed by atoms with Crippen LogP contribution < -0.4 is 16.6 Å². The lowest BCUT2D eigenvalue weighted by molar-refractivity contribution is -0.126. The molecule has 1 aliphatic rings. The van der Waals surface area contributed by atoms with Crippen LogP contribution in [0.5, 0.6) is 0 Å². The Morgan fingerprint density at radius 1 is 1.17 bits per heavy atom. The van der Waals surface area contributed by atoms with Gasteiger partial charge in [0.1, 0.15) is 4.70 Å². The molecule has 152 valence electrons. The molecule has 0 spiro atoms. The van der Waals surface area contributed by atoms with Crippen molar-refractivity contribution in [2.45, 2.75) is 38.8 Å². The average Bonchev–Trinajstić information content (AvgIpc) is 3.19. The van der Waals surface area contributed by atoms with E-state index in [2.05, 4.69) is 10.3 Å². The van der Waals surface area contributed by atoms with Crippen LogP contribution in [0.1, 0.15) is 31.2 Å². The third-order valence-corrected chi connectivity index (χ3v) is 6.93. The van der Waals surface area contributed by atoms with Crippen LogP contribution in [-0.2, 0) is 17.9 Å². The number of aromatic amines is 1. The Labute approximate surface area is 176 Å². The van der Waals surface area contributed by atoms with Crippen LogP contribution in [0, 0.1) is 11.8 Å². The molecule has 0 saturated heterocycles. The highest BCUT2D eigenvalue weighted by Gasteiger charge is 2.27. The molecule has 1 saturated carbocycles. The summed E-state index contributed by atoms with van der Waals surface area (Å²) in [4.78, 5) is 40.2. The number of fused-ring (bicyclic) bond motifs is 1. The van der Waals surface area contributed by atoms with E-state index in [-0.39, 0.29) is 29.0 Å². The largest absolute Gasteiger partial charge is 0.352 e. The highest BCUT2D eigenvalue weighted by atomic mass is 35.5. The maximum atomic E-state index is 12.6. The molecule has 6 nitrogen and oxygen atoms in total. The van der Waals surface area contributed by atoms with E-state index >= 15 is 0 Å². The van der Waals surface area contributed by atoms with Crippen molar-refractivity contribution in [2.75, 3.05) is 0 Å². The van der Waals surface area contributed by atoms with Gasteiger partial charge in [0, 0.05) is 24.0 Å². The summed E-state index contributed by atoms with van der Waals surface area (Å²) in [6.07, 6.45) is 3.15. The van der Waals surface area contributed by atoms with E-state index in [4.69, 9.17) is 11.6 Å². The lowest BCUT2D eigenvalue weighted by Gasteiger charge is -2.28. The molecule has 3 aromatic rings. The van der Waals surface area contributed by atoms with Crippen LogP contribution in [0.4, 0.5) is 0 Å². The molecule has 2 heterocycles. The predicted molar refractivity (Wildman–Crippen MR) is 115 cm³/mol. The monoisotopic (exact) mass is 431 g/mol. The maximum absolute atomic E-state index is 12.6. The van der Waals surface area contributed by atoms with Gasteiger partial charge < -0.3 is 10.3 Å². The molecule has 1 aliphatic carbocycles. The Morgan fingerprint density at radius 2 is 1.93 bits per heavy atom. The first-order chi connectivity index (χ1) is 14.0. The second kappa shape index (κ2) is 8.55. The van der Waals surface area contributed by atoms with Gasteiger partial charge in [0.25, 0.3) is 5.56 Å². The van der Waals surface area contributed by atoms with Crippen molar-refractivity contribution in [3.05, 3.63) is 67.1 Å². The van der Waals surface area contributed by atoms with Crippen LogP contribution in [0.15, 0.2) is 45.3 Å². The van der Waals surface area contributed by atoms with E-state index in [1.807, 2.05) is 24.3 Å². The van der Waals surface area contributed by atoms with E-state index in [1.165, 1.54) is 15.9 Å². The number of aromatic nitrogens is 2. The van der Waals surface area contributed by atoms with Crippen LogP contribution in [0.3, 0.4) is 0 Å². The Bertz CT molecular complexity index is 1140. The number of benzene rings is 1. The molecule has 1 aromatic carbocycles. The quantitative estimate of drug-likeness (QED) is 0.648. The zero-order valence-electron chi connectivity index (χ0n) is 15.8. The molecule has 4 rings (SSSR count). The summed E-state index contributed by atoms with van der Waals surface area (Å²) in [5.41, 5.74) is 0.915. The molecule has 1 amide bonds. The molecule has 1 fully saturated rings. The molecule has 2 N–H and O–H groups in total. The number of rotatable bonds is 5. The summed E-state index contributed by atoms with van der Waals surface area (Å²) in [5, 5.41) is 5.43. The molecule has 29 heavy (non-hydrogen) atoms. The van der Waals surface area contributed by atoms with Crippen molar-refractivity contribution in [3.63, 3.8) is 0 Å². The van der Waals surface area contributed by atoms with Gasteiger partial charge in [-0.3, -0.25) is 14.2 Å². The van der Waals surface area contributed by atoms with Gasteiger partial charge in [0.05, 0.1) is 5.52 Å². The standard InChI is InChI=1S/C21H22ClN3O3S/c22-16-4-2-1-3-15(16)11-23-19(26)14-7-5-13(6-8-14)12-25-20(27)18-17(9-10-29-18)24-21(25)28/h1-4,9-10,13-14H,5-8,11-12H2,(H,23,26)(H,24,28). The van der Waals surface area contributed by atoms with Crippen molar-refractivity contribution in [1.82, 2.24) is 14.9 Å². The molecular formula is C21H22ClN3O3S. The molecule has 0 aliphatic heterocycles. The Hall–Kier alpha value is -2.38. The van der Waals surface area contributed by atoms with Crippen molar-refractivity contribution in [3.8, 4) is 0 Å². The third kappa shape index (κ3) is 4.31. The topological polar surface area (TPSA) is 84.0 Å². The third-order valence-electron chi connectivity index (χ3n) is 5.66. The van der Waals surface area contributed by atoms with Gasteiger partial charge in [-0.1, -0.05) is 29.8 Å². The van der Waals surface area contributed by atoms with Crippen molar-refractivity contribution in [1.29, 1.82) is 0 Å². The Morgan fingerprint density at radius 3 is 2.69 bits per heavy atom. The fraction of sp³-hybridized carbons (Fsp3) is 0.381. The number of hydrogen-bond donors (Lipinski definition) is 2. The number of thiophene rings is 1. The van der Waals surface area contributed by atoms with Gasteiger partial charge >= 0.3 is 5.69 Å². The van der Waals surface area contributed by atoms with E-state index in [9.17, 15) is 14.4 Å². The minimum Gasteiger partial charge on any atom is -0.352 e. The van der Waals surface area contributed by atoms with Gasteiger partial charge in [0.2, 0.25) is 5.91 Å². The van der Waals surface area contributed by atoms with E-state index < -0.39 is 0 Å². The number of amides is 1. The molecule has 2 aromatic heterocycles. The van der Waals surface area contributed by atoms with Gasteiger partial charge in [-0.25, -0.2) is 4.79 Å². The minimum atomic E-state index is -0.361. The predicted octanol–water partition coefficient (Wildman–Crippen LogP) is 3.53. The summed E-state index contributed by atoms with van der Waals surface area (Å²) in [7, 11) is 0. The Balaban J connectivity index is 1.34. The molecule has 0 bridgehead atoms. The SMILES string of the molecule is O=C(NCc1ccccc1Cl)C1CCC(Cn2c(=O)[nH]c3ccsc3c2=O)CC1. The molecule has 0 atom stereocenters. The summed E-state index contributed by atoms with van der Waals surface area (Å²) in [6, 6.07) is 9.22. The number of H-pyrrole nitrogens is 1. The van der Waals surface area contributed by atoms with Gasteiger partial charge in [-0.15, -0.1) is 11.3 Å². The second-order valence-electron chi connectivity index (χ2n) is 7.54. The normalized spacial score (nSPS) is 19.3. The fourth-order valence-electron chi connectivity index (χ4n) is 3.97. The highest BCUT2D eigenvalue weighted by Crippen LogP contribution is 2.30. The zero-order chi connectivity index (χ0) is 20.4. The van der Waals surface area contributed by atoms with E-state index in [1.54, 1.807) is 11.4 Å².